The first-order valence-electron chi connectivity index (χ1n) is 5.81. The van der Waals surface area contributed by atoms with Crippen molar-refractivity contribution in [3.05, 3.63) is 33.3 Å². The third kappa shape index (κ3) is 5.38. The summed E-state index contributed by atoms with van der Waals surface area (Å²) in [5.74, 6) is 0.580. The Kier molecular flexibility index (Phi) is 6.49. The van der Waals surface area contributed by atoms with Gasteiger partial charge in [0.05, 0.1) is 11.6 Å². The molecule has 1 rings (SSSR count). The molecule has 1 atom stereocenters. The molecule has 0 aliphatic carbocycles. The van der Waals surface area contributed by atoms with Gasteiger partial charge in [-0.2, -0.15) is 0 Å². The van der Waals surface area contributed by atoms with Crippen LogP contribution in [-0.4, -0.2) is 17.8 Å². The molecule has 0 aliphatic rings. The molecular weight excluding hydrogens is 302 g/mol. The first-order valence-corrected chi connectivity index (χ1v) is 6.98. The molecule has 1 aromatic carbocycles. The average Bonchev–Trinajstić information content (AvgIpc) is 2.28. The number of hydrogen-bond donors (Lipinski definition) is 2. The lowest BCUT2D eigenvalue weighted by atomic mass is 10.0. The molecule has 2 nitrogen and oxygen atoms in total. The van der Waals surface area contributed by atoms with Crippen LogP contribution in [0.25, 0.3) is 0 Å². The summed E-state index contributed by atoms with van der Waals surface area (Å²) in [6, 6.07) is 6.02. The maximum atomic E-state index is 9.26. The number of nitrogens with one attached hydrogen (secondary N) is 1. The van der Waals surface area contributed by atoms with Crippen molar-refractivity contribution in [3.8, 4) is 0 Å². The summed E-state index contributed by atoms with van der Waals surface area (Å²) in [5.41, 5.74) is 1.16. The summed E-state index contributed by atoms with van der Waals surface area (Å²) in [6.45, 7) is 5.23. The molecule has 4 heteroatoms. The number of benzene rings is 1. The van der Waals surface area contributed by atoms with Gasteiger partial charge in [0, 0.05) is 17.1 Å². The summed E-state index contributed by atoms with van der Waals surface area (Å²) >= 11 is 9.33. The molecule has 0 spiro atoms. The molecule has 1 aromatic rings. The largest absolute Gasteiger partial charge is 0.395 e. The van der Waals surface area contributed by atoms with Crippen LogP contribution in [-0.2, 0) is 6.54 Å². The van der Waals surface area contributed by atoms with Crippen molar-refractivity contribution in [3.63, 3.8) is 0 Å². The first-order chi connectivity index (χ1) is 8.02. The van der Waals surface area contributed by atoms with Gasteiger partial charge >= 0.3 is 0 Å². The van der Waals surface area contributed by atoms with Crippen LogP contribution in [0.4, 0.5) is 0 Å². The van der Waals surface area contributed by atoms with Crippen molar-refractivity contribution in [2.24, 2.45) is 5.92 Å². The molecule has 0 heterocycles. The van der Waals surface area contributed by atoms with Gasteiger partial charge in [0.25, 0.3) is 0 Å². The van der Waals surface area contributed by atoms with Crippen LogP contribution in [0.15, 0.2) is 22.7 Å². The van der Waals surface area contributed by atoms with Gasteiger partial charge < -0.3 is 10.4 Å². The highest BCUT2D eigenvalue weighted by molar-refractivity contribution is 9.10. The lowest BCUT2D eigenvalue weighted by molar-refractivity contribution is 0.223. The van der Waals surface area contributed by atoms with E-state index in [9.17, 15) is 5.11 Å². The van der Waals surface area contributed by atoms with E-state index in [2.05, 4.69) is 35.1 Å². The van der Waals surface area contributed by atoms with Crippen LogP contribution in [0.2, 0.25) is 5.02 Å². The Labute approximate surface area is 117 Å². The zero-order valence-electron chi connectivity index (χ0n) is 10.2. The van der Waals surface area contributed by atoms with E-state index in [0.717, 1.165) is 28.0 Å². The van der Waals surface area contributed by atoms with Crippen LogP contribution < -0.4 is 5.32 Å². The minimum atomic E-state index is 0.157. The van der Waals surface area contributed by atoms with Gasteiger partial charge in [-0.25, -0.2) is 0 Å². The number of halogens is 2. The second-order valence-corrected chi connectivity index (χ2v) is 5.90. The highest BCUT2D eigenvalue weighted by Crippen LogP contribution is 2.23. The fraction of sp³-hybridized carbons (Fsp3) is 0.538. The van der Waals surface area contributed by atoms with E-state index in [1.165, 1.54) is 0 Å². The standard InChI is InChI=1S/C13H19BrClNO/c1-9(2)5-11(8-17)16-7-10-3-4-13(15)12(14)6-10/h3-4,6,9,11,16-17H,5,7-8H2,1-2H3. The van der Waals surface area contributed by atoms with E-state index in [1.807, 2.05) is 18.2 Å². The third-order valence-electron chi connectivity index (χ3n) is 2.56. The average molecular weight is 321 g/mol. The van der Waals surface area contributed by atoms with Gasteiger partial charge in [0.15, 0.2) is 0 Å². The molecule has 1 unspecified atom stereocenters. The summed E-state index contributed by atoms with van der Waals surface area (Å²) < 4.78 is 0.905. The van der Waals surface area contributed by atoms with E-state index in [1.54, 1.807) is 0 Å². The van der Waals surface area contributed by atoms with E-state index in [0.29, 0.717) is 5.92 Å². The molecule has 0 aromatic heterocycles. The Hall–Kier alpha value is -0.0900. The Morgan fingerprint density at radius 1 is 1.41 bits per heavy atom. The molecular formula is C13H19BrClNO. The Morgan fingerprint density at radius 3 is 2.65 bits per heavy atom. The fourth-order valence-electron chi connectivity index (χ4n) is 1.70. The zero-order chi connectivity index (χ0) is 12.8. The van der Waals surface area contributed by atoms with Crippen molar-refractivity contribution in [2.45, 2.75) is 32.9 Å². The molecule has 17 heavy (non-hydrogen) atoms. The second kappa shape index (κ2) is 7.37. The lowest BCUT2D eigenvalue weighted by Gasteiger charge is -2.18. The topological polar surface area (TPSA) is 32.3 Å². The van der Waals surface area contributed by atoms with E-state index >= 15 is 0 Å². The summed E-state index contributed by atoms with van der Waals surface area (Å²) in [6.07, 6.45) is 0.977. The first kappa shape index (κ1) is 15.0. The Balaban J connectivity index is 2.50. The van der Waals surface area contributed by atoms with E-state index in [4.69, 9.17) is 11.6 Å². The van der Waals surface area contributed by atoms with Crippen LogP contribution in [0, 0.1) is 5.92 Å². The number of aliphatic hydroxyl groups excluding tert-OH is 1. The van der Waals surface area contributed by atoms with Crippen molar-refractivity contribution in [2.75, 3.05) is 6.61 Å². The van der Waals surface area contributed by atoms with Crippen molar-refractivity contribution >= 4 is 27.5 Å². The number of hydrogen-bond acceptors (Lipinski definition) is 2. The highest BCUT2D eigenvalue weighted by atomic mass is 79.9. The predicted molar refractivity (Wildman–Crippen MR) is 76.3 cm³/mol. The van der Waals surface area contributed by atoms with Crippen LogP contribution in [0.1, 0.15) is 25.8 Å². The number of rotatable bonds is 6. The van der Waals surface area contributed by atoms with Gasteiger partial charge in [-0.05, 0) is 46.0 Å². The Morgan fingerprint density at radius 2 is 2.12 bits per heavy atom. The Bertz CT molecular complexity index is 357. The molecule has 96 valence electrons. The summed E-state index contributed by atoms with van der Waals surface area (Å²) in [7, 11) is 0. The van der Waals surface area contributed by atoms with Gasteiger partial charge in [-0.1, -0.05) is 31.5 Å². The zero-order valence-corrected chi connectivity index (χ0v) is 12.6. The monoisotopic (exact) mass is 319 g/mol. The van der Waals surface area contributed by atoms with Crippen molar-refractivity contribution < 1.29 is 5.11 Å². The molecule has 0 amide bonds. The minimum Gasteiger partial charge on any atom is -0.395 e. The molecule has 0 aliphatic heterocycles. The second-order valence-electron chi connectivity index (χ2n) is 4.64. The van der Waals surface area contributed by atoms with Crippen LogP contribution in [0.5, 0.6) is 0 Å². The smallest absolute Gasteiger partial charge is 0.0584 e. The van der Waals surface area contributed by atoms with Gasteiger partial charge in [0.2, 0.25) is 0 Å². The molecule has 0 saturated heterocycles. The van der Waals surface area contributed by atoms with E-state index in [-0.39, 0.29) is 12.6 Å². The van der Waals surface area contributed by atoms with Gasteiger partial charge in [-0.15, -0.1) is 0 Å². The minimum absolute atomic E-state index is 0.157. The van der Waals surface area contributed by atoms with Crippen LogP contribution >= 0.6 is 27.5 Å². The highest BCUT2D eigenvalue weighted by Gasteiger charge is 2.09. The number of aliphatic hydroxyl groups is 1. The third-order valence-corrected chi connectivity index (χ3v) is 3.77. The normalized spacial score (nSPS) is 13.1. The van der Waals surface area contributed by atoms with E-state index < -0.39 is 0 Å². The molecule has 0 saturated carbocycles. The summed E-state index contributed by atoms with van der Waals surface area (Å²) in [5, 5.41) is 13.3. The van der Waals surface area contributed by atoms with Gasteiger partial charge in [-0.3, -0.25) is 0 Å². The van der Waals surface area contributed by atoms with Crippen molar-refractivity contribution in [1.82, 2.24) is 5.32 Å². The van der Waals surface area contributed by atoms with Crippen molar-refractivity contribution in [1.29, 1.82) is 0 Å². The predicted octanol–water partition coefficient (Wildman–Crippen LogP) is 3.60. The molecule has 2 N–H and O–H groups in total. The maximum Gasteiger partial charge on any atom is 0.0584 e. The SMILES string of the molecule is CC(C)CC(CO)NCc1ccc(Cl)c(Br)c1. The van der Waals surface area contributed by atoms with Gasteiger partial charge in [0.1, 0.15) is 0 Å². The fourth-order valence-corrected chi connectivity index (χ4v) is 2.25. The quantitative estimate of drug-likeness (QED) is 0.839. The van der Waals surface area contributed by atoms with Crippen LogP contribution in [0.3, 0.4) is 0 Å². The lowest BCUT2D eigenvalue weighted by Crippen LogP contribution is -2.33. The maximum absolute atomic E-state index is 9.26. The molecule has 0 bridgehead atoms. The summed E-state index contributed by atoms with van der Waals surface area (Å²) in [4.78, 5) is 0. The molecule has 0 fully saturated rings. The molecule has 0 radical (unpaired) electrons.